The molecule has 0 radical (unpaired) electrons. The number of amides is 2. The maximum atomic E-state index is 13.3. The normalized spacial score (nSPS) is 14.5. The molecule has 1 heterocycles. The first-order valence-electron chi connectivity index (χ1n) is 8.42. The first-order chi connectivity index (χ1) is 13.8. The molecular formula is C17H13ClF6N4O2. The molecule has 1 fully saturated rings. The third-order valence-electron chi connectivity index (χ3n) is 4.20. The second-order valence-corrected chi connectivity index (χ2v) is 7.00. The van der Waals surface area contributed by atoms with E-state index in [2.05, 4.69) is 15.7 Å². The van der Waals surface area contributed by atoms with Crippen molar-refractivity contribution in [2.75, 3.05) is 5.32 Å². The van der Waals surface area contributed by atoms with Crippen LogP contribution in [-0.4, -0.2) is 27.6 Å². The summed E-state index contributed by atoms with van der Waals surface area (Å²) in [6, 6.07) is 3.54. The van der Waals surface area contributed by atoms with Crippen LogP contribution in [0.5, 0.6) is 0 Å². The Morgan fingerprint density at radius 3 is 2.27 bits per heavy atom. The summed E-state index contributed by atoms with van der Waals surface area (Å²) >= 11 is 5.95. The number of aromatic nitrogens is 2. The fraction of sp³-hybridized carbons (Fsp3) is 0.353. The smallest absolute Gasteiger partial charge is 0.349 e. The monoisotopic (exact) mass is 454 g/mol. The summed E-state index contributed by atoms with van der Waals surface area (Å²) in [5.41, 5.74) is -5.92. The quantitative estimate of drug-likeness (QED) is 0.678. The molecule has 1 saturated carbocycles. The van der Waals surface area contributed by atoms with Gasteiger partial charge in [0.05, 0.1) is 10.6 Å². The Morgan fingerprint density at radius 2 is 1.73 bits per heavy atom. The SMILES string of the molecule is Cn1nc(C(F)(F)F)c(C(F)(F)F)c1C(=O)Nc1ccc(Cl)c(C(=O)NC2CC2)c1. The number of carbonyl (C=O) groups is 2. The van der Waals surface area contributed by atoms with Crippen molar-refractivity contribution < 1.29 is 35.9 Å². The number of alkyl halides is 6. The second kappa shape index (κ2) is 7.49. The van der Waals surface area contributed by atoms with E-state index in [1.165, 1.54) is 12.1 Å². The molecule has 13 heteroatoms. The van der Waals surface area contributed by atoms with Crippen LogP contribution in [0.1, 0.15) is 44.9 Å². The largest absolute Gasteiger partial charge is 0.435 e. The Bertz CT molecular complexity index is 1010. The van der Waals surface area contributed by atoms with Gasteiger partial charge in [0.2, 0.25) is 0 Å². The van der Waals surface area contributed by atoms with Crippen LogP contribution < -0.4 is 10.6 Å². The van der Waals surface area contributed by atoms with E-state index in [1.54, 1.807) is 0 Å². The van der Waals surface area contributed by atoms with E-state index in [0.717, 1.165) is 26.0 Å². The van der Waals surface area contributed by atoms with E-state index >= 15 is 0 Å². The molecule has 6 nitrogen and oxygen atoms in total. The molecule has 1 aliphatic rings. The molecule has 0 unspecified atom stereocenters. The maximum absolute atomic E-state index is 13.3. The first kappa shape index (κ1) is 21.9. The van der Waals surface area contributed by atoms with Crippen LogP contribution in [0.25, 0.3) is 0 Å². The van der Waals surface area contributed by atoms with Crippen molar-refractivity contribution in [2.45, 2.75) is 31.2 Å². The summed E-state index contributed by atoms with van der Waals surface area (Å²) in [5.74, 6) is -2.03. The Morgan fingerprint density at radius 1 is 1.10 bits per heavy atom. The number of anilines is 1. The lowest BCUT2D eigenvalue weighted by molar-refractivity contribution is -0.164. The van der Waals surface area contributed by atoms with Gasteiger partial charge in [0, 0.05) is 18.8 Å². The average Bonchev–Trinajstić information content (AvgIpc) is 3.33. The van der Waals surface area contributed by atoms with Crippen LogP contribution in [0, 0.1) is 0 Å². The van der Waals surface area contributed by atoms with Crippen molar-refractivity contribution in [3.05, 3.63) is 45.7 Å². The minimum Gasteiger partial charge on any atom is -0.349 e. The van der Waals surface area contributed by atoms with E-state index in [-0.39, 0.29) is 27.0 Å². The minimum atomic E-state index is -5.49. The highest BCUT2D eigenvalue weighted by Crippen LogP contribution is 2.41. The van der Waals surface area contributed by atoms with Crippen LogP contribution in [0.3, 0.4) is 0 Å². The fourth-order valence-electron chi connectivity index (χ4n) is 2.71. The number of nitrogens with zero attached hydrogens (tertiary/aromatic N) is 2. The van der Waals surface area contributed by atoms with Crippen molar-refractivity contribution in [3.63, 3.8) is 0 Å². The number of hydrogen-bond donors (Lipinski definition) is 2. The summed E-state index contributed by atoms with van der Waals surface area (Å²) in [7, 11) is 0.787. The average molecular weight is 455 g/mol. The van der Waals surface area contributed by atoms with Gasteiger partial charge in [-0.1, -0.05) is 11.6 Å². The Hall–Kier alpha value is -2.76. The summed E-state index contributed by atoms with van der Waals surface area (Å²) in [6.07, 6.45) is -9.32. The van der Waals surface area contributed by atoms with E-state index in [4.69, 9.17) is 11.6 Å². The number of hydrogen-bond acceptors (Lipinski definition) is 3. The van der Waals surface area contributed by atoms with Gasteiger partial charge in [-0.3, -0.25) is 14.3 Å². The van der Waals surface area contributed by atoms with Crippen molar-refractivity contribution in [1.29, 1.82) is 0 Å². The lowest BCUT2D eigenvalue weighted by Crippen LogP contribution is -2.26. The lowest BCUT2D eigenvalue weighted by Gasteiger charge is -2.13. The first-order valence-corrected chi connectivity index (χ1v) is 8.80. The van der Waals surface area contributed by atoms with E-state index in [0.29, 0.717) is 0 Å². The van der Waals surface area contributed by atoms with Crippen LogP contribution in [0.15, 0.2) is 18.2 Å². The zero-order valence-electron chi connectivity index (χ0n) is 15.1. The van der Waals surface area contributed by atoms with Gasteiger partial charge < -0.3 is 10.6 Å². The van der Waals surface area contributed by atoms with Gasteiger partial charge in [-0.15, -0.1) is 0 Å². The molecule has 1 aliphatic carbocycles. The van der Waals surface area contributed by atoms with Crippen LogP contribution in [0.4, 0.5) is 32.0 Å². The number of rotatable bonds is 4. The number of halogens is 7. The molecule has 162 valence electrons. The maximum Gasteiger partial charge on any atom is 0.435 e. The Kier molecular flexibility index (Phi) is 5.48. The molecule has 30 heavy (non-hydrogen) atoms. The molecule has 1 aromatic heterocycles. The van der Waals surface area contributed by atoms with E-state index in [9.17, 15) is 35.9 Å². The topological polar surface area (TPSA) is 76.0 Å². The van der Waals surface area contributed by atoms with Crippen molar-refractivity contribution >= 4 is 29.1 Å². The molecule has 0 aliphatic heterocycles. The second-order valence-electron chi connectivity index (χ2n) is 6.59. The highest BCUT2D eigenvalue weighted by atomic mass is 35.5. The van der Waals surface area contributed by atoms with Gasteiger partial charge in [0.1, 0.15) is 11.3 Å². The predicted molar refractivity (Wildman–Crippen MR) is 93.1 cm³/mol. The van der Waals surface area contributed by atoms with Crippen molar-refractivity contribution in [3.8, 4) is 0 Å². The molecule has 3 rings (SSSR count). The predicted octanol–water partition coefficient (Wildman–Crippen LogP) is 4.26. The number of nitrogens with one attached hydrogen (secondary N) is 2. The summed E-state index contributed by atoms with van der Waals surface area (Å²) in [6.45, 7) is 0. The van der Waals surface area contributed by atoms with Crippen molar-refractivity contribution in [1.82, 2.24) is 15.1 Å². The molecule has 2 N–H and O–H groups in total. The molecule has 0 saturated heterocycles. The summed E-state index contributed by atoms with van der Waals surface area (Å²) in [5, 5.41) is 7.59. The zero-order valence-corrected chi connectivity index (χ0v) is 15.8. The zero-order chi connectivity index (χ0) is 22.4. The third-order valence-corrected chi connectivity index (χ3v) is 4.53. The Labute approximate surface area is 170 Å². The van der Waals surface area contributed by atoms with Gasteiger partial charge in [0.15, 0.2) is 5.69 Å². The third kappa shape index (κ3) is 4.53. The Balaban J connectivity index is 1.95. The number of benzene rings is 1. The van der Waals surface area contributed by atoms with Crippen LogP contribution >= 0.6 is 11.6 Å². The van der Waals surface area contributed by atoms with Gasteiger partial charge in [-0.25, -0.2) is 0 Å². The van der Waals surface area contributed by atoms with E-state index in [1.807, 2.05) is 0 Å². The highest BCUT2D eigenvalue weighted by Gasteiger charge is 2.50. The van der Waals surface area contributed by atoms with E-state index < -0.39 is 41.1 Å². The molecule has 1 aromatic carbocycles. The van der Waals surface area contributed by atoms with Gasteiger partial charge in [-0.05, 0) is 31.0 Å². The highest BCUT2D eigenvalue weighted by molar-refractivity contribution is 6.34. The molecule has 0 bridgehead atoms. The van der Waals surface area contributed by atoms with Gasteiger partial charge in [-0.2, -0.15) is 31.4 Å². The molecule has 0 spiro atoms. The summed E-state index contributed by atoms with van der Waals surface area (Å²) in [4.78, 5) is 24.6. The molecule has 0 atom stereocenters. The lowest BCUT2D eigenvalue weighted by atomic mass is 10.1. The number of carbonyl (C=O) groups excluding carboxylic acids is 2. The summed E-state index contributed by atoms with van der Waals surface area (Å²) < 4.78 is 79.1. The van der Waals surface area contributed by atoms with Crippen LogP contribution in [-0.2, 0) is 19.4 Å². The minimum absolute atomic E-state index is 0.00334. The van der Waals surface area contributed by atoms with Gasteiger partial charge in [0.25, 0.3) is 11.8 Å². The molecular weight excluding hydrogens is 442 g/mol. The molecule has 2 amide bonds. The van der Waals surface area contributed by atoms with Crippen molar-refractivity contribution in [2.24, 2.45) is 7.05 Å². The van der Waals surface area contributed by atoms with Gasteiger partial charge >= 0.3 is 12.4 Å². The standard InChI is InChI=1S/C17H13ClF6N4O2/c1-28-12(11(16(19,20)21)13(27-28)17(22,23)24)15(30)26-8-4-5-10(18)9(6-8)14(29)25-7-2-3-7/h4-7H,2-3H2,1H3,(H,25,29)(H,26,30). The molecule has 2 aromatic rings. The number of aryl methyl sites for hydroxylation is 1. The van der Waals surface area contributed by atoms with Crippen LogP contribution in [0.2, 0.25) is 5.02 Å². The fourth-order valence-corrected chi connectivity index (χ4v) is 2.91.